The normalized spacial score (nSPS) is 29.6. The van der Waals surface area contributed by atoms with Crippen LogP contribution in [0.3, 0.4) is 0 Å². The van der Waals surface area contributed by atoms with Crippen LogP contribution in [0.4, 0.5) is 0 Å². The first-order valence-corrected chi connectivity index (χ1v) is 8.09. The van der Waals surface area contributed by atoms with E-state index in [9.17, 15) is 13.2 Å². The molecule has 2 atom stereocenters. The van der Waals surface area contributed by atoms with Crippen molar-refractivity contribution >= 4 is 15.8 Å². The first kappa shape index (κ1) is 14.5. The van der Waals surface area contributed by atoms with Crippen LogP contribution in [0.15, 0.2) is 0 Å². The summed E-state index contributed by atoms with van der Waals surface area (Å²) in [6.07, 6.45) is 2.52. The number of hydrogen-bond donors (Lipinski definition) is 0. The SMILES string of the molecule is CCC(C)C(=O)OC1(CC)CCCS(=O)(=O)C1. The first-order chi connectivity index (χ1) is 7.84. The van der Waals surface area contributed by atoms with Crippen LogP contribution in [0.2, 0.25) is 0 Å². The molecule has 0 aromatic carbocycles. The van der Waals surface area contributed by atoms with Crippen LogP contribution in [0, 0.1) is 5.92 Å². The Balaban J connectivity index is 2.79. The van der Waals surface area contributed by atoms with Crippen molar-refractivity contribution in [1.82, 2.24) is 0 Å². The number of ether oxygens (including phenoxy) is 1. The molecule has 0 aliphatic carbocycles. The van der Waals surface area contributed by atoms with Crippen molar-refractivity contribution in [1.29, 1.82) is 0 Å². The minimum absolute atomic E-state index is 0.0152. The largest absolute Gasteiger partial charge is 0.458 e. The monoisotopic (exact) mass is 262 g/mol. The van der Waals surface area contributed by atoms with Gasteiger partial charge in [-0.15, -0.1) is 0 Å². The van der Waals surface area contributed by atoms with Gasteiger partial charge in [-0.1, -0.05) is 20.8 Å². The average molecular weight is 262 g/mol. The summed E-state index contributed by atoms with van der Waals surface area (Å²) in [5.74, 6) is -0.233. The lowest BCUT2D eigenvalue weighted by molar-refractivity contribution is -0.163. The molecule has 1 aliphatic heterocycles. The Morgan fingerprint density at radius 1 is 1.41 bits per heavy atom. The molecule has 17 heavy (non-hydrogen) atoms. The molecule has 0 saturated carbocycles. The van der Waals surface area contributed by atoms with Crippen LogP contribution < -0.4 is 0 Å². The van der Waals surface area contributed by atoms with Crippen molar-refractivity contribution in [2.75, 3.05) is 11.5 Å². The van der Waals surface area contributed by atoms with Gasteiger partial charge in [0, 0.05) is 0 Å². The van der Waals surface area contributed by atoms with Crippen molar-refractivity contribution in [2.45, 2.75) is 52.1 Å². The Morgan fingerprint density at radius 2 is 2.06 bits per heavy atom. The minimum Gasteiger partial charge on any atom is -0.458 e. The van der Waals surface area contributed by atoms with Crippen LogP contribution in [-0.4, -0.2) is 31.5 Å². The summed E-state index contributed by atoms with van der Waals surface area (Å²) in [4.78, 5) is 11.8. The van der Waals surface area contributed by atoms with Crippen LogP contribution in [0.1, 0.15) is 46.5 Å². The van der Waals surface area contributed by atoms with Crippen molar-refractivity contribution in [2.24, 2.45) is 5.92 Å². The fraction of sp³-hybridized carbons (Fsp3) is 0.917. The molecule has 1 saturated heterocycles. The highest BCUT2D eigenvalue weighted by molar-refractivity contribution is 7.91. The van der Waals surface area contributed by atoms with E-state index in [1.54, 1.807) is 0 Å². The number of esters is 1. The van der Waals surface area contributed by atoms with Gasteiger partial charge in [0.2, 0.25) is 0 Å². The lowest BCUT2D eigenvalue weighted by Crippen LogP contribution is -2.46. The Bertz CT molecular complexity index is 374. The van der Waals surface area contributed by atoms with Gasteiger partial charge in [0.15, 0.2) is 9.84 Å². The second-order valence-corrected chi connectivity index (χ2v) is 7.15. The molecule has 0 amide bonds. The molecule has 0 aromatic heterocycles. The highest BCUT2D eigenvalue weighted by Crippen LogP contribution is 2.31. The molecule has 0 spiro atoms. The Hall–Kier alpha value is -0.580. The third kappa shape index (κ3) is 3.69. The summed E-state index contributed by atoms with van der Waals surface area (Å²) in [7, 11) is -3.06. The van der Waals surface area contributed by atoms with Crippen LogP contribution in [0.25, 0.3) is 0 Å². The van der Waals surface area contributed by atoms with E-state index < -0.39 is 15.4 Å². The fourth-order valence-corrected chi connectivity index (χ4v) is 4.01. The van der Waals surface area contributed by atoms with Gasteiger partial charge < -0.3 is 4.74 Å². The number of carbonyl (C=O) groups excluding carboxylic acids is 1. The summed E-state index contributed by atoms with van der Waals surface area (Å²) in [5.41, 5.74) is -0.780. The lowest BCUT2D eigenvalue weighted by atomic mass is 9.96. The fourth-order valence-electron chi connectivity index (χ4n) is 2.07. The predicted molar refractivity (Wildman–Crippen MR) is 66.5 cm³/mol. The molecule has 0 aromatic rings. The van der Waals surface area contributed by atoms with E-state index in [2.05, 4.69) is 0 Å². The maximum atomic E-state index is 11.8. The minimum atomic E-state index is -3.06. The van der Waals surface area contributed by atoms with E-state index in [0.29, 0.717) is 25.7 Å². The van der Waals surface area contributed by atoms with E-state index in [1.165, 1.54) is 0 Å². The summed E-state index contributed by atoms with van der Waals surface area (Å²) in [6.45, 7) is 5.61. The Morgan fingerprint density at radius 3 is 2.53 bits per heavy atom. The van der Waals surface area contributed by atoms with Gasteiger partial charge >= 0.3 is 5.97 Å². The zero-order chi connectivity index (χ0) is 13.1. The van der Waals surface area contributed by atoms with Gasteiger partial charge in [0.1, 0.15) is 5.60 Å². The van der Waals surface area contributed by atoms with Crippen LogP contribution in [-0.2, 0) is 19.4 Å². The summed E-state index contributed by atoms with van der Waals surface area (Å²) >= 11 is 0. The summed E-state index contributed by atoms with van der Waals surface area (Å²) < 4.78 is 28.8. The van der Waals surface area contributed by atoms with E-state index in [-0.39, 0.29) is 23.4 Å². The maximum absolute atomic E-state index is 11.8. The highest BCUT2D eigenvalue weighted by atomic mass is 32.2. The molecule has 1 fully saturated rings. The highest BCUT2D eigenvalue weighted by Gasteiger charge is 2.41. The summed E-state index contributed by atoms with van der Waals surface area (Å²) in [5, 5.41) is 0. The van der Waals surface area contributed by atoms with Gasteiger partial charge in [-0.2, -0.15) is 0 Å². The number of rotatable bonds is 4. The molecule has 0 radical (unpaired) electrons. The van der Waals surface area contributed by atoms with E-state index >= 15 is 0 Å². The number of carbonyl (C=O) groups is 1. The number of hydrogen-bond acceptors (Lipinski definition) is 4. The lowest BCUT2D eigenvalue weighted by Gasteiger charge is -2.36. The molecule has 0 N–H and O–H groups in total. The maximum Gasteiger partial charge on any atom is 0.309 e. The smallest absolute Gasteiger partial charge is 0.309 e. The quantitative estimate of drug-likeness (QED) is 0.726. The van der Waals surface area contributed by atoms with Gasteiger partial charge in [-0.3, -0.25) is 4.79 Å². The van der Waals surface area contributed by atoms with Crippen LogP contribution in [0.5, 0.6) is 0 Å². The topological polar surface area (TPSA) is 60.4 Å². The third-order valence-electron chi connectivity index (χ3n) is 3.55. The van der Waals surface area contributed by atoms with E-state index in [1.807, 2.05) is 20.8 Å². The molecule has 5 heteroatoms. The molecule has 1 heterocycles. The molecule has 0 bridgehead atoms. The van der Waals surface area contributed by atoms with E-state index in [0.717, 1.165) is 0 Å². The molecule has 1 rings (SSSR count). The van der Waals surface area contributed by atoms with Crippen molar-refractivity contribution < 1.29 is 17.9 Å². The van der Waals surface area contributed by atoms with Gasteiger partial charge in [-0.05, 0) is 25.7 Å². The average Bonchev–Trinajstić information content (AvgIpc) is 2.26. The second kappa shape index (κ2) is 5.38. The van der Waals surface area contributed by atoms with Crippen molar-refractivity contribution in [3.05, 3.63) is 0 Å². The number of sulfone groups is 1. The van der Waals surface area contributed by atoms with Crippen molar-refractivity contribution in [3.8, 4) is 0 Å². The predicted octanol–water partition coefficient (Wildman–Crippen LogP) is 1.93. The summed E-state index contributed by atoms with van der Waals surface area (Å²) in [6, 6.07) is 0. The zero-order valence-corrected chi connectivity index (χ0v) is 11.7. The van der Waals surface area contributed by atoms with Gasteiger partial charge in [-0.25, -0.2) is 8.42 Å². The first-order valence-electron chi connectivity index (χ1n) is 6.27. The second-order valence-electron chi connectivity index (χ2n) is 4.96. The molecule has 100 valence electrons. The van der Waals surface area contributed by atoms with Crippen molar-refractivity contribution in [3.63, 3.8) is 0 Å². The Kier molecular flexibility index (Phi) is 4.58. The Labute approximate surface area is 104 Å². The van der Waals surface area contributed by atoms with E-state index in [4.69, 9.17) is 4.74 Å². The zero-order valence-electron chi connectivity index (χ0n) is 10.9. The van der Waals surface area contributed by atoms with Gasteiger partial charge in [0.25, 0.3) is 0 Å². The molecule has 4 nitrogen and oxygen atoms in total. The van der Waals surface area contributed by atoms with Gasteiger partial charge in [0.05, 0.1) is 17.4 Å². The molecular weight excluding hydrogens is 240 g/mol. The molecule has 2 unspecified atom stereocenters. The standard InChI is InChI=1S/C12H22O4S/c1-4-10(3)11(13)16-12(5-2)7-6-8-17(14,15)9-12/h10H,4-9H2,1-3H3. The van der Waals surface area contributed by atoms with Crippen LogP contribution >= 0.6 is 0 Å². The molecular formula is C12H22O4S. The third-order valence-corrected chi connectivity index (χ3v) is 5.42. The molecule has 1 aliphatic rings.